The van der Waals surface area contributed by atoms with Crippen LogP contribution in [0.3, 0.4) is 0 Å². The van der Waals surface area contributed by atoms with Gasteiger partial charge in [-0.1, -0.05) is 151 Å². The summed E-state index contributed by atoms with van der Waals surface area (Å²) in [5, 5.41) is 7.34. The molecular formula is C68H52BN3OS2. The minimum absolute atomic E-state index is 0.00177. The molecule has 360 valence electrons. The summed E-state index contributed by atoms with van der Waals surface area (Å²) in [4.78, 5) is 7.62. The van der Waals surface area contributed by atoms with E-state index >= 15 is 0 Å². The molecule has 7 heteroatoms. The Hall–Kier alpha value is -8.10. The Morgan fingerprint density at radius 3 is 1.67 bits per heavy atom. The largest absolute Gasteiger partial charge is 0.456 e. The maximum Gasteiger partial charge on any atom is 0.252 e. The normalized spacial score (nSPS) is 13.4. The molecule has 0 saturated carbocycles. The first-order chi connectivity index (χ1) is 36.5. The van der Waals surface area contributed by atoms with Crippen molar-refractivity contribution in [1.82, 2.24) is 0 Å². The first-order valence-corrected chi connectivity index (χ1v) is 27.7. The number of hydrogen-bond acceptors (Lipinski definition) is 6. The predicted octanol–water partition coefficient (Wildman–Crippen LogP) is 18.5. The standard InChI is InChI=1S/C68H52BN3OS2/c1-67(2,3)41-28-32-43(33-29-41)70-54-21-14-22-55-65(54)69(52-40-60-50(46-16-7-10-24-59(46)73-60)39-58(52)71(55)44-34-30-42(31-35-44)68(4,5)6)51-37-36-45(38-57(51)70)72(53-20-15-27-63-64(53)49-18-9-12-26-62(49)74-63)56-23-13-19-48-47-17-8-11-25-61(47)75-66(48)56/h7-40H,1-6H3. The zero-order chi connectivity index (χ0) is 50.5. The number of rotatable bonds is 5. The number of thiophene rings is 2. The Bertz CT molecular complexity index is 4470. The van der Waals surface area contributed by atoms with Gasteiger partial charge in [0.1, 0.15) is 11.2 Å². The molecule has 5 heterocycles. The molecule has 15 rings (SSSR count). The SMILES string of the molecule is CC(C)(C)c1ccc(N2c3cc(N(c4cccc5c4sc4ccccc45)c4cccc5sc6ccccc6c45)ccc3B3c4cc5oc6ccccc6c5cc4N(c4ccc(C(C)(C)C)cc4)c4cccc2c43)cc1. The highest BCUT2D eigenvalue weighted by molar-refractivity contribution is 7.26. The highest BCUT2D eigenvalue weighted by Crippen LogP contribution is 2.52. The van der Waals surface area contributed by atoms with Gasteiger partial charge in [-0.2, -0.15) is 0 Å². The molecule has 0 aliphatic carbocycles. The van der Waals surface area contributed by atoms with Crippen molar-refractivity contribution >= 4 is 159 Å². The van der Waals surface area contributed by atoms with E-state index in [4.69, 9.17) is 4.42 Å². The second-order valence-corrected chi connectivity index (χ2v) is 24.6. The molecule has 2 aliphatic heterocycles. The van der Waals surface area contributed by atoms with Crippen molar-refractivity contribution in [3.8, 4) is 0 Å². The van der Waals surface area contributed by atoms with Crippen LogP contribution in [0.15, 0.2) is 211 Å². The first kappa shape index (κ1) is 44.4. The summed E-state index contributed by atoms with van der Waals surface area (Å²) in [6, 6.07) is 77.5. The summed E-state index contributed by atoms with van der Waals surface area (Å²) < 4.78 is 11.9. The summed E-state index contributed by atoms with van der Waals surface area (Å²) in [6.45, 7) is 13.6. The van der Waals surface area contributed by atoms with Crippen LogP contribution in [-0.2, 0) is 10.8 Å². The van der Waals surface area contributed by atoms with Gasteiger partial charge in [0.2, 0.25) is 0 Å². The Morgan fingerprint density at radius 1 is 0.413 bits per heavy atom. The average molecular weight is 1000 g/mol. The lowest BCUT2D eigenvalue weighted by atomic mass is 9.33. The summed E-state index contributed by atoms with van der Waals surface area (Å²) in [5.74, 6) is 0. The van der Waals surface area contributed by atoms with Crippen LogP contribution in [0.1, 0.15) is 52.7 Å². The molecule has 3 aromatic heterocycles. The van der Waals surface area contributed by atoms with E-state index < -0.39 is 0 Å². The number of furan rings is 1. The van der Waals surface area contributed by atoms with Crippen LogP contribution < -0.4 is 31.1 Å². The van der Waals surface area contributed by atoms with Crippen molar-refractivity contribution in [3.63, 3.8) is 0 Å². The summed E-state index contributed by atoms with van der Waals surface area (Å²) in [6.07, 6.45) is 0. The van der Waals surface area contributed by atoms with Gasteiger partial charge in [-0.05, 0) is 135 Å². The van der Waals surface area contributed by atoms with Gasteiger partial charge in [0, 0.05) is 86.2 Å². The molecular weight excluding hydrogens is 950 g/mol. The number of benzene rings is 10. The van der Waals surface area contributed by atoms with Gasteiger partial charge in [-0.25, -0.2) is 0 Å². The Balaban J connectivity index is 1.03. The smallest absolute Gasteiger partial charge is 0.252 e. The third-order valence-corrected chi connectivity index (χ3v) is 18.3. The first-order valence-electron chi connectivity index (χ1n) is 26.1. The van der Waals surface area contributed by atoms with Gasteiger partial charge in [0.05, 0.1) is 16.1 Å². The minimum Gasteiger partial charge on any atom is -0.456 e. The Morgan fingerprint density at radius 2 is 0.973 bits per heavy atom. The highest BCUT2D eigenvalue weighted by atomic mass is 32.1. The van der Waals surface area contributed by atoms with Gasteiger partial charge >= 0.3 is 0 Å². The van der Waals surface area contributed by atoms with Crippen LogP contribution in [0, 0.1) is 0 Å². The Labute approximate surface area is 445 Å². The van der Waals surface area contributed by atoms with E-state index in [1.54, 1.807) is 0 Å². The van der Waals surface area contributed by atoms with Crippen molar-refractivity contribution in [3.05, 3.63) is 217 Å². The molecule has 0 spiro atoms. The van der Waals surface area contributed by atoms with Crippen LogP contribution in [0.5, 0.6) is 0 Å². The summed E-state index contributed by atoms with van der Waals surface area (Å²) >= 11 is 3.75. The van der Waals surface area contributed by atoms with E-state index in [0.717, 1.165) is 50.4 Å². The van der Waals surface area contributed by atoms with E-state index in [1.807, 2.05) is 22.7 Å². The van der Waals surface area contributed by atoms with Gasteiger partial charge in [-0.15, -0.1) is 22.7 Å². The van der Waals surface area contributed by atoms with Crippen molar-refractivity contribution in [1.29, 1.82) is 0 Å². The number of nitrogens with zero attached hydrogens (tertiary/aromatic N) is 3. The molecule has 0 saturated heterocycles. The number of anilines is 9. The van der Waals surface area contributed by atoms with Crippen molar-refractivity contribution in [2.24, 2.45) is 0 Å². The van der Waals surface area contributed by atoms with Gasteiger partial charge in [-0.3, -0.25) is 0 Å². The van der Waals surface area contributed by atoms with Crippen LogP contribution in [0.2, 0.25) is 0 Å². The molecule has 0 unspecified atom stereocenters. The second kappa shape index (κ2) is 16.2. The summed E-state index contributed by atoms with van der Waals surface area (Å²) in [7, 11) is 0. The third-order valence-electron chi connectivity index (χ3n) is 16.0. The number of fused-ring (bicyclic) bond motifs is 13. The van der Waals surface area contributed by atoms with E-state index in [-0.39, 0.29) is 17.5 Å². The van der Waals surface area contributed by atoms with Gasteiger partial charge in [0.15, 0.2) is 0 Å². The average Bonchev–Trinajstić information content (AvgIpc) is 4.12. The fraction of sp³-hybridized carbons (Fsp3) is 0.118. The number of para-hydroxylation sites is 1. The fourth-order valence-electron chi connectivity index (χ4n) is 12.3. The lowest BCUT2D eigenvalue weighted by molar-refractivity contribution is 0.590. The quantitative estimate of drug-likeness (QED) is 0.160. The molecule has 75 heavy (non-hydrogen) atoms. The predicted molar refractivity (Wildman–Crippen MR) is 326 cm³/mol. The lowest BCUT2D eigenvalue weighted by Gasteiger charge is -2.44. The van der Waals surface area contributed by atoms with Crippen LogP contribution >= 0.6 is 22.7 Å². The molecule has 13 aromatic rings. The maximum absolute atomic E-state index is 6.79. The van der Waals surface area contributed by atoms with Crippen LogP contribution in [-0.4, -0.2) is 6.71 Å². The Kier molecular flexibility index (Phi) is 9.59. The topological polar surface area (TPSA) is 22.9 Å². The maximum atomic E-state index is 6.79. The molecule has 0 amide bonds. The van der Waals surface area contributed by atoms with Crippen LogP contribution in [0.4, 0.5) is 51.2 Å². The third kappa shape index (κ3) is 6.74. The summed E-state index contributed by atoms with van der Waals surface area (Å²) in [5.41, 5.74) is 18.5. The van der Waals surface area contributed by atoms with Gasteiger partial charge in [0.25, 0.3) is 6.71 Å². The molecule has 0 atom stereocenters. The van der Waals surface area contributed by atoms with E-state index in [2.05, 4.69) is 262 Å². The van der Waals surface area contributed by atoms with Crippen molar-refractivity contribution in [2.45, 2.75) is 52.4 Å². The highest BCUT2D eigenvalue weighted by Gasteiger charge is 2.44. The minimum atomic E-state index is -0.105. The number of hydrogen-bond donors (Lipinski definition) is 0. The molecule has 2 aliphatic rings. The van der Waals surface area contributed by atoms with Crippen LogP contribution in [0.25, 0.3) is 62.3 Å². The van der Waals surface area contributed by atoms with E-state index in [1.165, 1.54) is 90.6 Å². The molecule has 0 N–H and O–H groups in total. The molecule has 10 aromatic carbocycles. The molecule has 0 radical (unpaired) electrons. The van der Waals surface area contributed by atoms with Gasteiger partial charge < -0.3 is 19.1 Å². The monoisotopic (exact) mass is 1000 g/mol. The van der Waals surface area contributed by atoms with Crippen molar-refractivity contribution < 1.29 is 4.42 Å². The second-order valence-electron chi connectivity index (χ2n) is 22.5. The zero-order valence-corrected chi connectivity index (χ0v) is 44.4. The van der Waals surface area contributed by atoms with E-state index in [9.17, 15) is 0 Å². The molecule has 0 fully saturated rings. The van der Waals surface area contributed by atoms with E-state index in [0.29, 0.717) is 0 Å². The van der Waals surface area contributed by atoms with Crippen molar-refractivity contribution in [2.75, 3.05) is 14.7 Å². The zero-order valence-electron chi connectivity index (χ0n) is 42.8. The molecule has 4 nitrogen and oxygen atoms in total. The fourth-order valence-corrected chi connectivity index (χ4v) is 14.6. The molecule has 0 bridgehead atoms. The lowest BCUT2D eigenvalue weighted by Crippen LogP contribution is -2.61.